The number of carbonyl (C=O) groups excluding carboxylic acids is 1. The van der Waals surface area contributed by atoms with E-state index in [1.54, 1.807) is 23.2 Å². The minimum atomic E-state index is -0.322. The maximum atomic E-state index is 12.9. The number of amides is 1. The molecule has 0 bridgehead atoms. The van der Waals surface area contributed by atoms with Crippen molar-refractivity contribution in [3.8, 4) is 5.69 Å². The highest BCUT2D eigenvalue weighted by atomic mass is 19.1. The minimum Gasteiger partial charge on any atom is -0.377 e. The molecule has 0 saturated carbocycles. The lowest BCUT2D eigenvalue weighted by molar-refractivity contribution is 0.00326. The zero-order valence-electron chi connectivity index (χ0n) is 11.6. The fourth-order valence-electron chi connectivity index (χ4n) is 2.26. The van der Waals surface area contributed by atoms with E-state index < -0.39 is 0 Å². The van der Waals surface area contributed by atoms with Gasteiger partial charge in [0.1, 0.15) is 5.82 Å². The van der Waals surface area contributed by atoms with Crippen molar-refractivity contribution < 1.29 is 13.9 Å². The largest absolute Gasteiger partial charge is 0.377 e. The van der Waals surface area contributed by atoms with Crippen LogP contribution >= 0.6 is 0 Å². The fraction of sp³-hybridized carbons (Fsp3) is 0.357. The predicted molar refractivity (Wildman–Crippen MR) is 72.6 cm³/mol. The van der Waals surface area contributed by atoms with Crippen molar-refractivity contribution in [2.75, 3.05) is 19.8 Å². The number of hydrogen-bond donors (Lipinski definition) is 0. The average Bonchev–Trinajstić information content (AvgIpc) is 2.98. The van der Waals surface area contributed by atoms with E-state index in [-0.39, 0.29) is 23.5 Å². The van der Waals surface area contributed by atoms with E-state index in [4.69, 9.17) is 4.74 Å². The van der Waals surface area contributed by atoms with Gasteiger partial charge in [-0.1, -0.05) is 5.21 Å². The number of carbonyl (C=O) groups is 1. The third-order valence-electron chi connectivity index (χ3n) is 3.43. The van der Waals surface area contributed by atoms with E-state index in [9.17, 15) is 9.18 Å². The van der Waals surface area contributed by atoms with Crippen molar-refractivity contribution in [2.45, 2.75) is 13.0 Å². The van der Waals surface area contributed by atoms with Crippen LogP contribution in [-0.4, -0.2) is 51.6 Å². The molecule has 1 aliphatic heterocycles. The van der Waals surface area contributed by atoms with Crippen molar-refractivity contribution in [3.63, 3.8) is 0 Å². The highest BCUT2D eigenvalue weighted by Gasteiger charge is 2.26. The van der Waals surface area contributed by atoms with Crippen LogP contribution in [0.4, 0.5) is 4.39 Å². The van der Waals surface area contributed by atoms with Gasteiger partial charge < -0.3 is 9.64 Å². The second-order valence-electron chi connectivity index (χ2n) is 4.95. The molecule has 1 aromatic heterocycles. The number of hydrogen-bond acceptors (Lipinski definition) is 4. The topological polar surface area (TPSA) is 60.2 Å². The van der Waals surface area contributed by atoms with Crippen LogP contribution in [0, 0.1) is 5.82 Å². The third-order valence-corrected chi connectivity index (χ3v) is 3.43. The number of benzene rings is 1. The first-order valence-corrected chi connectivity index (χ1v) is 6.72. The molecule has 21 heavy (non-hydrogen) atoms. The Morgan fingerprint density at radius 3 is 2.86 bits per heavy atom. The monoisotopic (exact) mass is 290 g/mol. The molecule has 1 atom stereocenters. The lowest BCUT2D eigenvalue weighted by atomic mass is 10.2. The number of nitrogens with zero attached hydrogens (tertiary/aromatic N) is 4. The molecule has 1 saturated heterocycles. The van der Waals surface area contributed by atoms with Gasteiger partial charge in [-0.15, -0.1) is 5.10 Å². The van der Waals surface area contributed by atoms with Crippen molar-refractivity contribution in [3.05, 3.63) is 42.0 Å². The molecule has 1 fully saturated rings. The van der Waals surface area contributed by atoms with Gasteiger partial charge in [-0.2, -0.15) is 0 Å². The molecule has 2 heterocycles. The van der Waals surface area contributed by atoms with Crippen LogP contribution in [0.3, 0.4) is 0 Å². The van der Waals surface area contributed by atoms with Gasteiger partial charge in [-0.3, -0.25) is 4.79 Å². The summed E-state index contributed by atoms with van der Waals surface area (Å²) in [5, 5.41) is 7.83. The molecule has 3 rings (SSSR count). The van der Waals surface area contributed by atoms with E-state index in [0.29, 0.717) is 25.4 Å². The van der Waals surface area contributed by atoms with Crippen LogP contribution in [0.2, 0.25) is 0 Å². The number of aromatic nitrogens is 3. The third kappa shape index (κ3) is 2.78. The smallest absolute Gasteiger partial charge is 0.276 e. The second kappa shape index (κ2) is 5.61. The molecular weight excluding hydrogens is 275 g/mol. The molecule has 6 nitrogen and oxygen atoms in total. The van der Waals surface area contributed by atoms with Crippen LogP contribution in [-0.2, 0) is 4.74 Å². The maximum absolute atomic E-state index is 12.9. The molecular formula is C14H15FN4O2. The highest BCUT2D eigenvalue weighted by molar-refractivity contribution is 5.92. The Balaban J connectivity index is 1.81. The van der Waals surface area contributed by atoms with Gasteiger partial charge >= 0.3 is 0 Å². The molecule has 1 aliphatic rings. The summed E-state index contributed by atoms with van der Waals surface area (Å²) in [7, 11) is 0. The molecule has 2 aromatic rings. The molecule has 1 aromatic carbocycles. The molecule has 0 aliphatic carbocycles. The van der Waals surface area contributed by atoms with Gasteiger partial charge in [0.05, 0.1) is 31.1 Å². The van der Waals surface area contributed by atoms with Crippen molar-refractivity contribution in [1.82, 2.24) is 19.9 Å². The first kappa shape index (κ1) is 13.7. The molecule has 0 N–H and O–H groups in total. The Kier molecular flexibility index (Phi) is 3.66. The fourth-order valence-corrected chi connectivity index (χ4v) is 2.26. The number of morpholine rings is 1. The summed E-state index contributed by atoms with van der Waals surface area (Å²) in [5.74, 6) is -0.489. The SMILES string of the molecule is CC1COCCN1C(=O)c1cn(-c2ccc(F)cc2)nn1. The second-order valence-corrected chi connectivity index (χ2v) is 4.95. The Hall–Kier alpha value is -2.28. The van der Waals surface area contributed by atoms with Gasteiger partial charge in [-0.25, -0.2) is 9.07 Å². The number of halogens is 1. The Labute approximate surface area is 121 Å². The van der Waals surface area contributed by atoms with Gasteiger partial charge in [-0.05, 0) is 31.2 Å². The first-order valence-electron chi connectivity index (χ1n) is 6.72. The average molecular weight is 290 g/mol. The number of rotatable bonds is 2. The van der Waals surface area contributed by atoms with Gasteiger partial charge in [0.15, 0.2) is 5.69 Å². The molecule has 0 radical (unpaired) electrons. The zero-order chi connectivity index (χ0) is 14.8. The summed E-state index contributed by atoms with van der Waals surface area (Å²) < 4.78 is 19.7. The maximum Gasteiger partial charge on any atom is 0.276 e. The Morgan fingerprint density at radius 1 is 1.38 bits per heavy atom. The summed E-state index contributed by atoms with van der Waals surface area (Å²) in [6.07, 6.45) is 1.55. The molecule has 0 spiro atoms. The van der Waals surface area contributed by atoms with Crippen molar-refractivity contribution in [2.24, 2.45) is 0 Å². The molecule has 1 amide bonds. The van der Waals surface area contributed by atoms with Crippen LogP contribution < -0.4 is 0 Å². The van der Waals surface area contributed by atoms with Gasteiger partial charge in [0, 0.05) is 6.54 Å². The van der Waals surface area contributed by atoms with E-state index in [0.717, 1.165) is 0 Å². The van der Waals surface area contributed by atoms with Crippen LogP contribution in [0.25, 0.3) is 5.69 Å². The zero-order valence-corrected chi connectivity index (χ0v) is 11.6. The van der Waals surface area contributed by atoms with E-state index in [2.05, 4.69) is 10.3 Å². The summed E-state index contributed by atoms with van der Waals surface area (Å²) in [6, 6.07) is 5.85. The minimum absolute atomic E-state index is 0.0159. The normalized spacial score (nSPS) is 18.8. The highest BCUT2D eigenvalue weighted by Crippen LogP contribution is 2.12. The van der Waals surface area contributed by atoms with Crippen molar-refractivity contribution in [1.29, 1.82) is 0 Å². The standard InChI is InChI=1S/C14H15FN4O2/c1-10-9-21-7-6-18(10)14(20)13-8-19(17-16-13)12-4-2-11(15)3-5-12/h2-5,8,10H,6-7,9H2,1H3. The van der Waals surface area contributed by atoms with Crippen molar-refractivity contribution >= 4 is 5.91 Å². The number of ether oxygens (including phenoxy) is 1. The lowest BCUT2D eigenvalue weighted by Gasteiger charge is -2.32. The van der Waals surface area contributed by atoms with Crippen LogP contribution in [0.5, 0.6) is 0 Å². The predicted octanol–water partition coefficient (Wildman–Crippen LogP) is 1.27. The molecule has 1 unspecified atom stereocenters. The van der Waals surface area contributed by atoms with Gasteiger partial charge in [0.25, 0.3) is 5.91 Å². The molecule has 7 heteroatoms. The van der Waals surface area contributed by atoms with E-state index >= 15 is 0 Å². The van der Waals surface area contributed by atoms with Crippen LogP contribution in [0.1, 0.15) is 17.4 Å². The Morgan fingerprint density at radius 2 is 2.14 bits per heavy atom. The van der Waals surface area contributed by atoms with Crippen LogP contribution in [0.15, 0.2) is 30.5 Å². The summed E-state index contributed by atoms with van der Waals surface area (Å²) in [4.78, 5) is 14.1. The van der Waals surface area contributed by atoms with Gasteiger partial charge in [0.2, 0.25) is 0 Å². The quantitative estimate of drug-likeness (QED) is 0.835. The molecule has 110 valence electrons. The summed E-state index contributed by atoms with van der Waals surface area (Å²) in [6.45, 7) is 3.53. The Bertz CT molecular complexity index is 641. The summed E-state index contributed by atoms with van der Waals surface area (Å²) >= 11 is 0. The van der Waals surface area contributed by atoms with E-state index in [1.807, 2.05) is 6.92 Å². The van der Waals surface area contributed by atoms with E-state index in [1.165, 1.54) is 16.8 Å². The first-order chi connectivity index (χ1) is 10.1. The lowest BCUT2D eigenvalue weighted by Crippen LogP contribution is -2.47. The summed E-state index contributed by atoms with van der Waals surface area (Å²) in [5.41, 5.74) is 0.922.